The molecule has 0 aromatic heterocycles. The average molecular weight is 381 g/mol. The highest BCUT2D eigenvalue weighted by molar-refractivity contribution is 7.90. The Morgan fingerprint density at radius 3 is 2.50 bits per heavy atom. The molecule has 0 bridgehead atoms. The van der Waals surface area contributed by atoms with Crippen molar-refractivity contribution in [1.29, 1.82) is 0 Å². The van der Waals surface area contributed by atoms with Crippen LogP contribution in [0.3, 0.4) is 0 Å². The predicted octanol–water partition coefficient (Wildman–Crippen LogP) is 1.46. The molecule has 2 amide bonds. The van der Waals surface area contributed by atoms with Crippen molar-refractivity contribution >= 4 is 21.8 Å². The van der Waals surface area contributed by atoms with Crippen LogP contribution in [0.2, 0.25) is 0 Å². The van der Waals surface area contributed by atoms with E-state index in [2.05, 4.69) is 24.1 Å². The van der Waals surface area contributed by atoms with E-state index in [1.54, 1.807) is 12.1 Å². The van der Waals surface area contributed by atoms with Crippen LogP contribution in [-0.4, -0.2) is 61.7 Å². The quantitative estimate of drug-likeness (QED) is 0.700. The van der Waals surface area contributed by atoms with Gasteiger partial charge in [0.2, 0.25) is 5.91 Å². The maximum absolute atomic E-state index is 12.4. The Kier molecular flexibility index (Phi) is 6.77. The molecule has 0 aliphatic carbocycles. The van der Waals surface area contributed by atoms with E-state index in [1.165, 1.54) is 12.1 Å². The molecule has 144 valence electrons. The summed E-state index contributed by atoms with van der Waals surface area (Å²) in [5.41, 5.74) is 0.118. The highest BCUT2D eigenvalue weighted by Crippen LogP contribution is 2.29. The summed E-state index contributed by atoms with van der Waals surface area (Å²) in [7, 11) is -3.95. The van der Waals surface area contributed by atoms with E-state index in [-0.39, 0.29) is 16.5 Å². The summed E-state index contributed by atoms with van der Waals surface area (Å²) in [6, 6.07) is 5.93. The number of amides is 2. The normalized spacial score (nSPS) is 16.6. The minimum absolute atomic E-state index is 0.0370. The zero-order valence-electron chi connectivity index (χ0n) is 15.6. The van der Waals surface area contributed by atoms with Crippen molar-refractivity contribution in [3.8, 4) is 0 Å². The van der Waals surface area contributed by atoms with Crippen LogP contribution in [0.5, 0.6) is 0 Å². The van der Waals surface area contributed by atoms with Crippen molar-refractivity contribution in [2.45, 2.75) is 44.6 Å². The van der Waals surface area contributed by atoms with Crippen LogP contribution in [0.4, 0.5) is 0 Å². The van der Waals surface area contributed by atoms with Gasteiger partial charge < -0.3 is 10.2 Å². The number of rotatable bonds is 9. The second-order valence-electron chi connectivity index (χ2n) is 6.45. The molecule has 26 heavy (non-hydrogen) atoms. The number of nitrogens with one attached hydrogen (secondary N) is 1. The van der Waals surface area contributed by atoms with E-state index in [0.717, 1.165) is 32.5 Å². The first-order valence-corrected chi connectivity index (χ1v) is 10.4. The summed E-state index contributed by atoms with van der Waals surface area (Å²) in [6.07, 6.45) is 1.73. The van der Waals surface area contributed by atoms with Gasteiger partial charge in [0.25, 0.3) is 15.9 Å². The number of sulfonamides is 1. The van der Waals surface area contributed by atoms with Gasteiger partial charge in [0.1, 0.15) is 11.4 Å². The van der Waals surface area contributed by atoms with Crippen molar-refractivity contribution in [3.63, 3.8) is 0 Å². The van der Waals surface area contributed by atoms with Gasteiger partial charge in [0, 0.05) is 6.04 Å². The molecule has 8 heteroatoms. The molecule has 1 heterocycles. The van der Waals surface area contributed by atoms with E-state index in [9.17, 15) is 18.0 Å². The van der Waals surface area contributed by atoms with Gasteiger partial charge in [-0.25, -0.2) is 12.7 Å². The molecule has 2 rings (SSSR count). The topological polar surface area (TPSA) is 86.8 Å². The van der Waals surface area contributed by atoms with Crippen LogP contribution >= 0.6 is 0 Å². The number of nitrogens with zero attached hydrogens (tertiary/aromatic N) is 2. The molecule has 0 spiro atoms. The number of hydrogen-bond acceptors (Lipinski definition) is 5. The fourth-order valence-corrected chi connectivity index (χ4v) is 4.60. The lowest BCUT2D eigenvalue weighted by Gasteiger charge is -2.20. The minimum atomic E-state index is -3.95. The molecule has 0 unspecified atom stereocenters. The van der Waals surface area contributed by atoms with Crippen LogP contribution in [0, 0.1) is 0 Å². The standard InChI is InChI=1S/C18H27N3O4S/c1-4-20(5-2)12-8-9-14(3)19-17(22)13-21-18(23)15-10-6-7-11-16(15)26(21,24)25/h6-7,10-11,14H,4-5,8-9,12-13H2,1-3H3,(H,19,22)/t14-/m1/s1. The number of hydrogen-bond donors (Lipinski definition) is 1. The summed E-state index contributed by atoms with van der Waals surface area (Å²) < 4.78 is 25.5. The lowest BCUT2D eigenvalue weighted by molar-refractivity contribution is -0.121. The summed E-state index contributed by atoms with van der Waals surface area (Å²) in [5, 5.41) is 2.79. The highest BCUT2D eigenvalue weighted by atomic mass is 32.2. The molecule has 0 saturated carbocycles. The van der Waals surface area contributed by atoms with Crippen LogP contribution in [0.25, 0.3) is 0 Å². The first kappa shape index (κ1) is 20.4. The van der Waals surface area contributed by atoms with E-state index in [0.29, 0.717) is 4.31 Å². The third-order valence-corrected chi connectivity index (χ3v) is 6.40. The Bertz CT molecular complexity index is 759. The Balaban J connectivity index is 1.89. The fraction of sp³-hybridized carbons (Fsp3) is 0.556. The van der Waals surface area contributed by atoms with Crippen LogP contribution in [0.1, 0.15) is 44.0 Å². The molecule has 1 atom stereocenters. The molecule has 1 aromatic carbocycles. The zero-order chi connectivity index (χ0) is 19.3. The molecule has 1 aliphatic heterocycles. The van der Waals surface area contributed by atoms with Gasteiger partial charge >= 0.3 is 0 Å². The second-order valence-corrected chi connectivity index (χ2v) is 8.28. The Hall–Kier alpha value is -1.93. The summed E-state index contributed by atoms with van der Waals surface area (Å²) in [5.74, 6) is -1.12. The third-order valence-electron chi connectivity index (χ3n) is 4.61. The molecular weight excluding hydrogens is 354 g/mol. The molecule has 1 aliphatic rings. The van der Waals surface area contributed by atoms with E-state index < -0.39 is 28.4 Å². The van der Waals surface area contributed by atoms with Crippen molar-refractivity contribution < 1.29 is 18.0 Å². The van der Waals surface area contributed by atoms with Crippen LogP contribution in [-0.2, 0) is 14.8 Å². The number of benzene rings is 1. The molecule has 1 aromatic rings. The summed E-state index contributed by atoms with van der Waals surface area (Å²) >= 11 is 0. The molecule has 1 N–H and O–H groups in total. The Morgan fingerprint density at radius 2 is 1.88 bits per heavy atom. The first-order valence-electron chi connectivity index (χ1n) is 8.99. The van der Waals surface area contributed by atoms with Gasteiger partial charge in [-0.1, -0.05) is 26.0 Å². The third kappa shape index (κ3) is 4.42. The van der Waals surface area contributed by atoms with Gasteiger partial charge in [0.15, 0.2) is 0 Å². The van der Waals surface area contributed by atoms with Gasteiger partial charge in [-0.15, -0.1) is 0 Å². The highest BCUT2D eigenvalue weighted by Gasteiger charge is 2.41. The molecule has 0 fully saturated rings. The maximum Gasteiger partial charge on any atom is 0.269 e. The maximum atomic E-state index is 12.4. The van der Waals surface area contributed by atoms with Crippen molar-refractivity contribution in [2.24, 2.45) is 0 Å². The Morgan fingerprint density at radius 1 is 1.23 bits per heavy atom. The monoisotopic (exact) mass is 381 g/mol. The van der Waals surface area contributed by atoms with Gasteiger partial charge in [-0.05, 0) is 51.5 Å². The average Bonchev–Trinajstić information content (AvgIpc) is 2.80. The van der Waals surface area contributed by atoms with Gasteiger partial charge in [-0.2, -0.15) is 0 Å². The zero-order valence-corrected chi connectivity index (χ0v) is 16.4. The molecule has 0 saturated heterocycles. The number of fused-ring (bicyclic) bond motifs is 1. The van der Waals surface area contributed by atoms with Crippen molar-refractivity contribution in [3.05, 3.63) is 29.8 Å². The van der Waals surface area contributed by atoms with Gasteiger partial charge in [-0.3, -0.25) is 9.59 Å². The first-order chi connectivity index (χ1) is 12.3. The van der Waals surface area contributed by atoms with Crippen molar-refractivity contribution in [1.82, 2.24) is 14.5 Å². The smallest absolute Gasteiger partial charge is 0.269 e. The minimum Gasteiger partial charge on any atom is -0.352 e. The molecule has 7 nitrogen and oxygen atoms in total. The van der Waals surface area contributed by atoms with Crippen molar-refractivity contribution in [2.75, 3.05) is 26.2 Å². The Labute approximate surface area is 155 Å². The molecule has 0 radical (unpaired) electrons. The van der Waals surface area contributed by atoms with E-state index in [1.807, 2.05) is 6.92 Å². The molecular formula is C18H27N3O4S. The SMILES string of the molecule is CCN(CC)CCC[C@@H](C)NC(=O)CN1C(=O)c2ccccc2S1(=O)=O. The lowest BCUT2D eigenvalue weighted by Crippen LogP contribution is -2.43. The largest absolute Gasteiger partial charge is 0.352 e. The summed E-state index contributed by atoms with van der Waals surface area (Å²) in [6.45, 7) is 8.56. The second kappa shape index (κ2) is 8.64. The number of carbonyl (C=O) groups excluding carboxylic acids is 2. The summed E-state index contributed by atoms with van der Waals surface area (Å²) in [4.78, 5) is 26.8. The van der Waals surface area contributed by atoms with Gasteiger partial charge in [0.05, 0.1) is 5.56 Å². The fourth-order valence-electron chi connectivity index (χ4n) is 3.07. The van der Waals surface area contributed by atoms with Crippen LogP contribution < -0.4 is 5.32 Å². The predicted molar refractivity (Wildman–Crippen MR) is 99.3 cm³/mol. The number of carbonyl (C=O) groups is 2. The lowest BCUT2D eigenvalue weighted by atomic mass is 10.1. The van der Waals surface area contributed by atoms with E-state index >= 15 is 0 Å². The van der Waals surface area contributed by atoms with Crippen LogP contribution in [0.15, 0.2) is 29.2 Å². The van der Waals surface area contributed by atoms with E-state index in [4.69, 9.17) is 0 Å².